The van der Waals surface area contributed by atoms with E-state index in [1.165, 1.54) is 0 Å². The van der Waals surface area contributed by atoms with Crippen LogP contribution in [0, 0.1) is 0 Å². The van der Waals surface area contributed by atoms with Crippen LogP contribution in [0.25, 0.3) is 0 Å². The van der Waals surface area contributed by atoms with E-state index in [4.69, 9.17) is 20.1 Å². The van der Waals surface area contributed by atoms with Gasteiger partial charge in [-0.05, 0) is 0 Å². The number of hydrogen-bond donors (Lipinski definition) is 0. The smallest absolute Gasteiger partial charge is 0.872 e. The molecule has 9 heteroatoms. The first-order valence-electron chi connectivity index (χ1n) is 1.41. The van der Waals surface area contributed by atoms with Gasteiger partial charge in [0, 0.05) is 14.6 Å². The van der Waals surface area contributed by atoms with Gasteiger partial charge in [-0.2, -0.15) is 0 Å². The number of rotatable bonds is 2. The largest absolute Gasteiger partial charge is 2.00 e. The van der Waals surface area contributed by atoms with Crippen LogP contribution in [0.2, 0.25) is 0 Å². The predicted octanol–water partition coefficient (Wildman–Crippen LogP) is -5.97. The maximum atomic E-state index is 9.16. The summed E-state index contributed by atoms with van der Waals surface area (Å²) in [5, 5.41) is 36.6. The summed E-state index contributed by atoms with van der Waals surface area (Å²) in [4.78, 5) is 0. The van der Waals surface area contributed by atoms with Gasteiger partial charge >= 0.3 is 42.5 Å². The molecule has 0 atom stereocenters. The zero-order valence-corrected chi connectivity index (χ0v) is 8.99. The Balaban J connectivity index is -0.000000180. The first kappa shape index (κ1) is 16.7. The molecule has 0 unspecified atom stereocenters. The van der Waals surface area contributed by atoms with Crippen molar-refractivity contribution in [2.24, 2.45) is 0 Å². The molecule has 0 bridgehead atoms. The molecule has 0 aromatic rings. The molecule has 5 nitrogen and oxygen atoms in total. The van der Waals surface area contributed by atoms with Crippen LogP contribution in [-0.4, -0.2) is 37.7 Å². The molecule has 0 fully saturated rings. The molecule has 0 spiro atoms. The molecule has 0 heterocycles. The average Bonchev–Trinajstić information content (AvgIpc) is 1.27. The Hall–Kier alpha value is 1.32. The van der Waals surface area contributed by atoms with Crippen molar-refractivity contribution < 1.29 is 44.1 Å². The fourth-order valence-corrected chi connectivity index (χ4v) is 0.0907. The SMILES string of the molecule is [Mg+2].[O-]B([O-])OB([O-])[O-].[Zn+2]. The topological polar surface area (TPSA) is 101 Å². The summed E-state index contributed by atoms with van der Waals surface area (Å²) in [5.74, 6) is 0. The van der Waals surface area contributed by atoms with Gasteiger partial charge < -0.3 is 24.7 Å². The molecule has 0 saturated carbocycles. The van der Waals surface area contributed by atoms with Gasteiger partial charge in [-0.3, -0.25) is 0 Å². The Morgan fingerprint density at radius 3 is 1.11 bits per heavy atom. The summed E-state index contributed by atoms with van der Waals surface area (Å²) in [7, 11) is -5.50. The van der Waals surface area contributed by atoms with Crippen molar-refractivity contribution >= 4 is 37.7 Å². The first-order valence-corrected chi connectivity index (χ1v) is 1.41. The Morgan fingerprint density at radius 2 is 1.11 bits per heavy atom. The van der Waals surface area contributed by atoms with E-state index in [2.05, 4.69) is 4.57 Å². The van der Waals surface area contributed by atoms with Crippen molar-refractivity contribution in [2.75, 3.05) is 0 Å². The summed E-state index contributed by atoms with van der Waals surface area (Å²) in [5.41, 5.74) is 0. The van der Waals surface area contributed by atoms with Crippen molar-refractivity contribution in [3.05, 3.63) is 0 Å². The third kappa shape index (κ3) is 17.6. The van der Waals surface area contributed by atoms with Crippen LogP contribution >= 0.6 is 0 Å². The molecular weight excluding hydrogens is 191 g/mol. The quantitative estimate of drug-likeness (QED) is 0.404. The molecule has 0 amide bonds. The zero-order valence-electron chi connectivity index (χ0n) is 4.61. The minimum absolute atomic E-state index is 0. The molecule has 0 radical (unpaired) electrons. The third-order valence-corrected chi connectivity index (χ3v) is 0.222. The summed E-state index contributed by atoms with van der Waals surface area (Å²) < 4.78 is 3.03. The molecule has 0 aliphatic heterocycles. The van der Waals surface area contributed by atoms with Crippen molar-refractivity contribution in [1.82, 2.24) is 0 Å². The van der Waals surface area contributed by atoms with Crippen LogP contribution < -0.4 is 20.1 Å². The van der Waals surface area contributed by atoms with Crippen LogP contribution in [-0.2, 0) is 24.0 Å². The van der Waals surface area contributed by atoms with Crippen molar-refractivity contribution in [1.29, 1.82) is 0 Å². The third-order valence-electron chi connectivity index (χ3n) is 0.222. The van der Waals surface area contributed by atoms with E-state index in [1.807, 2.05) is 0 Å². The van der Waals surface area contributed by atoms with Gasteiger partial charge in [0.05, 0.1) is 0 Å². The zero-order chi connectivity index (χ0) is 5.86. The Kier molecular flexibility index (Phi) is 17.3. The second-order valence-electron chi connectivity index (χ2n) is 0.713. The second-order valence-corrected chi connectivity index (χ2v) is 0.713. The maximum Gasteiger partial charge on any atom is 2.00 e. The van der Waals surface area contributed by atoms with Gasteiger partial charge in [0.2, 0.25) is 0 Å². The van der Waals surface area contributed by atoms with Crippen molar-refractivity contribution in [3.8, 4) is 0 Å². The molecule has 0 N–H and O–H groups in total. The Labute approximate surface area is 81.7 Å². The summed E-state index contributed by atoms with van der Waals surface area (Å²) in [6, 6.07) is 0. The standard InChI is InChI=1S/B2O5.Mg.Zn/c3-1(4)7-2(5)6;;/q-4;2*+2. The van der Waals surface area contributed by atoms with E-state index < -0.39 is 14.6 Å². The summed E-state index contributed by atoms with van der Waals surface area (Å²) >= 11 is 0. The second kappa shape index (κ2) is 9.32. The molecular formula is B2MgO5Zn. The molecule has 0 aliphatic carbocycles. The van der Waals surface area contributed by atoms with E-state index in [0.717, 1.165) is 0 Å². The van der Waals surface area contributed by atoms with E-state index in [9.17, 15) is 0 Å². The minimum atomic E-state index is -2.75. The van der Waals surface area contributed by atoms with Gasteiger partial charge in [-0.15, -0.1) is 0 Å². The average molecular weight is 191 g/mol. The van der Waals surface area contributed by atoms with Crippen molar-refractivity contribution in [2.45, 2.75) is 0 Å². The molecule has 40 valence electrons. The van der Waals surface area contributed by atoms with E-state index in [-0.39, 0.29) is 42.5 Å². The van der Waals surface area contributed by atoms with Gasteiger partial charge in [0.1, 0.15) is 0 Å². The Bertz CT molecular complexity index is 44.2. The molecule has 0 saturated heterocycles. The maximum absolute atomic E-state index is 9.16. The summed E-state index contributed by atoms with van der Waals surface area (Å²) in [6.07, 6.45) is 0. The van der Waals surface area contributed by atoms with Crippen LogP contribution in [0.4, 0.5) is 0 Å². The fourth-order valence-electron chi connectivity index (χ4n) is 0.0907. The molecule has 9 heavy (non-hydrogen) atoms. The van der Waals surface area contributed by atoms with Crippen LogP contribution in [0.5, 0.6) is 0 Å². The van der Waals surface area contributed by atoms with Gasteiger partial charge in [0.25, 0.3) is 0 Å². The summed E-state index contributed by atoms with van der Waals surface area (Å²) in [6.45, 7) is 0. The molecule has 0 aromatic carbocycles. The monoisotopic (exact) mass is 190 g/mol. The van der Waals surface area contributed by atoms with Crippen LogP contribution in [0.15, 0.2) is 0 Å². The van der Waals surface area contributed by atoms with Gasteiger partial charge in [-0.25, -0.2) is 0 Å². The number of hydrogen-bond acceptors (Lipinski definition) is 5. The molecule has 0 rings (SSSR count). The van der Waals surface area contributed by atoms with Crippen molar-refractivity contribution in [3.63, 3.8) is 0 Å². The van der Waals surface area contributed by atoms with E-state index in [0.29, 0.717) is 0 Å². The van der Waals surface area contributed by atoms with Gasteiger partial charge in [0.15, 0.2) is 0 Å². The molecule has 0 aliphatic rings. The van der Waals surface area contributed by atoms with E-state index >= 15 is 0 Å². The van der Waals surface area contributed by atoms with Gasteiger partial charge in [-0.1, -0.05) is 0 Å². The van der Waals surface area contributed by atoms with Crippen LogP contribution in [0.3, 0.4) is 0 Å². The Morgan fingerprint density at radius 1 is 0.889 bits per heavy atom. The first-order chi connectivity index (χ1) is 3.13. The normalized spacial score (nSPS) is 6.67. The van der Waals surface area contributed by atoms with Crippen LogP contribution in [0.1, 0.15) is 0 Å². The van der Waals surface area contributed by atoms with E-state index in [1.54, 1.807) is 0 Å². The fraction of sp³-hybridized carbons (Fsp3) is 0. The molecule has 0 aromatic heterocycles. The minimum Gasteiger partial charge on any atom is -0.872 e. The predicted molar refractivity (Wildman–Crippen MR) is 18.3 cm³/mol.